The van der Waals surface area contributed by atoms with Crippen LogP contribution in [0.3, 0.4) is 0 Å². The van der Waals surface area contributed by atoms with E-state index in [1.54, 1.807) is 0 Å². The Labute approximate surface area is 64.7 Å². The first-order chi connectivity index (χ1) is 5.15. The van der Waals surface area contributed by atoms with Crippen molar-refractivity contribution in [3.05, 3.63) is 12.7 Å². The summed E-state index contributed by atoms with van der Waals surface area (Å²) in [5.74, 6) is 0. The van der Waals surface area contributed by atoms with Crippen molar-refractivity contribution in [1.29, 1.82) is 0 Å². The Morgan fingerprint density at radius 3 is 2.73 bits per heavy atom. The highest BCUT2D eigenvalue weighted by atomic mass is 16.5. The largest absolute Gasteiger partial charge is 0.394 e. The fraction of sp³-hybridized carbons (Fsp3) is 0.714. The molecule has 0 bridgehead atoms. The molecule has 1 fully saturated rings. The second-order valence-corrected chi connectivity index (χ2v) is 2.61. The van der Waals surface area contributed by atoms with Crippen molar-refractivity contribution in [3.8, 4) is 0 Å². The summed E-state index contributed by atoms with van der Waals surface area (Å²) in [6.07, 6.45) is -0.543. The summed E-state index contributed by atoms with van der Waals surface area (Å²) < 4.78 is 4.90. The first-order valence-electron chi connectivity index (χ1n) is 3.41. The molecule has 0 radical (unpaired) electrons. The number of aliphatic hydroxyl groups excluding tert-OH is 2. The lowest BCUT2D eigenvalue weighted by Gasteiger charge is -2.25. The van der Waals surface area contributed by atoms with E-state index >= 15 is 0 Å². The maximum atomic E-state index is 9.58. The van der Waals surface area contributed by atoms with Crippen LogP contribution in [0.5, 0.6) is 0 Å². The van der Waals surface area contributed by atoms with Crippen molar-refractivity contribution >= 4 is 0 Å². The van der Waals surface area contributed by atoms with Crippen LogP contribution in [0.25, 0.3) is 0 Å². The normalized spacial score (nSPS) is 44.3. The Morgan fingerprint density at radius 2 is 2.36 bits per heavy atom. The number of ether oxygens (including phenoxy) is 1. The quantitative estimate of drug-likeness (QED) is 0.437. The van der Waals surface area contributed by atoms with Gasteiger partial charge < -0.3 is 20.1 Å². The van der Waals surface area contributed by atoms with Gasteiger partial charge in [0.25, 0.3) is 0 Å². The van der Waals surface area contributed by atoms with Crippen molar-refractivity contribution in [2.45, 2.75) is 17.8 Å². The van der Waals surface area contributed by atoms with Gasteiger partial charge in [0.1, 0.15) is 17.8 Å². The highest BCUT2D eigenvalue weighted by molar-refractivity contribution is 5.09. The lowest BCUT2D eigenvalue weighted by molar-refractivity contribution is -0.0580. The zero-order valence-corrected chi connectivity index (χ0v) is 6.10. The standard InChI is InChI=1S/C7H12O4/c1-2-7(10)5(9)4-11-6(7)3-8/h2,5-6,8-10H,1,3-4H2/t5-,6+,7-/m0/s1. The van der Waals surface area contributed by atoms with E-state index in [4.69, 9.17) is 9.84 Å². The van der Waals surface area contributed by atoms with E-state index in [0.717, 1.165) is 0 Å². The van der Waals surface area contributed by atoms with Gasteiger partial charge in [0.05, 0.1) is 13.2 Å². The van der Waals surface area contributed by atoms with Crippen LogP contribution in [0.1, 0.15) is 0 Å². The molecule has 11 heavy (non-hydrogen) atoms. The summed E-state index contributed by atoms with van der Waals surface area (Å²) in [5, 5.41) is 27.5. The minimum absolute atomic E-state index is 0.0355. The highest BCUT2D eigenvalue weighted by Crippen LogP contribution is 2.26. The summed E-state index contributed by atoms with van der Waals surface area (Å²) in [7, 11) is 0. The number of hydrogen-bond donors (Lipinski definition) is 3. The summed E-state index contributed by atoms with van der Waals surface area (Å²) in [6, 6.07) is 0. The molecule has 1 rings (SSSR count). The first kappa shape index (κ1) is 8.67. The Kier molecular flexibility index (Phi) is 2.29. The average Bonchev–Trinajstić information content (AvgIpc) is 2.30. The summed E-state index contributed by atoms with van der Waals surface area (Å²) in [5.41, 5.74) is -1.49. The molecule has 0 amide bonds. The Bertz CT molecular complexity index is 159. The first-order valence-corrected chi connectivity index (χ1v) is 3.41. The third-order valence-electron chi connectivity index (χ3n) is 2.00. The van der Waals surface area contributed by atoms with Crippen LogP contribution in [0.15, 0.2) is 12.7 Å². The average molecular weight is 160 g/mol. The third-order valence-corrected chi connectivity index (χ3v) is 2.00. The fourth-order valence-electron chi connectivity index (χ4n) is 1.16. The monoisotopic (exact) mass is 160 g/mol. The van der Waals surface area contributed by atoms with Gasteiger partial charge in [0.2, 0.25) is 0 Å². The Hall–Kier alpha value is -0.420. The molecule has 0 aliphatic carbocycles. The summed E-state index contributed by atoms with van der Waals surface area (Å²) in [4.78, 5) is 0. The Balaban J connectivity index is 2.78. The van der Waals surface area contributed by atoms with Crippen molar-refractivity contribution in [2.75, 3.05) is 13.2 Å². The van der Waals surface area contributed by atoms with Crippen molar-refractivity contribution < 1.29 is 20.1 Å². The lowest BCUT2D eigenvalue weighted by Crippen LogP contribution is -2.46. The summed E-state index contributed by atoms with van der Waals surface area (Å²) >= 11 is 0. The van der Waals surface area contributed by atoms with Gasteiger partial charge in [-0.05, 0) is 0 Å². The SMILES string of the molecule is C=C[C@]1(O)[C@@H](O)CO[C@@H]1CO. The van der Waals surface area contributed by atoms with Gasteiger partial charge in [0, 0.05) is 0 Å². The van der Waals surface area contributed by atoms with Crippen LogP contribution in [-0.2, 0) is 4.74 Å². The Morgan fingerprint density at radius 1 is 1.73 bits per heavy atom. The van der Waals surface area contributed by atoms with Gasteiger partial charge in [-0.1, -0.05) is 6.08 Å². The molecular formula is C7H12O4. The predicted octanol–water partition coefficient (Wildman–Crippen LogP) is -1.34. The maximum Gasteiger partial charge on any atom is 0.139 e. The molecule has 1 saturated heterocycles. The molecule has 3 N–H and O–H groups in total. The number of rotatable bonds is 2. The van der Waals surface area contributed by atoms with E-state index in [1.807, 2.05) is 0 Å². The second-order valence-electron chi connectivity index (χ2n) is 2.61. The van der Waals surface area contributed by atoms with Gasteiger partial charge in [-0.15, -0.1) is 6.58 Å². The molecule has 0 spiro atoms. The smallest absolute Gasteiger partial charge is 0.139 e. The molecule has 4 heteroatoms. The van der Waals surface area contributed by atoms with Crippen molar-refractivity contribution in [1.82, 2.24) is 0 Å². The van der Waals surface area contributed by atoms with E-state index in [1.165, 1.54) is 6.08 Å². The molecule has 3 atom stereocenters. The molecule has 0 unspecified atom stereocenters. The zero-order chi connectivity index (χ0) is 8.48. The fourth-order valence-corrected chi connectivity index (χ4v) is 1.16. The van der Waals surface area contributed by atoms with E-state index in [2.05, 4.69) is 6.58 Å². The molecule has 0 aromatic heterocycles. The van der Waals surface area contributed by atoms with Crippen LogP contribution in [0.4, 0.5) is 0 Å². The molecule has 1 aliphatic rings. The molecule has 4 nitrogen and oxygen atoms in total. The van der Waals surface area contributed by atoms with Crippen LogP contribution in [-0.4, -0.2) is 46.3 Å². The van der Waals surface area contributed by atoms with Gasteiger partial charge >= 0.3 is 0 Å². The molecule has 64 valence electrons. The molecule has 0 aromatic rings. The van der Waals surface area contributed by atoms with E-state index < -0.39 is 17.8 Å². The molecule has 1 heterocycles. The molecular weight excluding hydrogens is 148 g/mol. The second kappa shape index (κ2) is 2.91. The van der Waals surface area contributed by atoms with Crippen LogP contribution < -0.4 is 0 Å². The lowest BCUT2D eigenvalue weighted by atomic mass is 9.94. The van der Waals surface area contributed by atoms with Crippen molar-refractivity contribution in [2.24, 2.45) is 0 Å². The highest BCUT2D eigenvalue weighted by Gasteiger charge is 2.47. The predicted molar refractivity (Wildman–Crippen MR) is 38.0 cm³/mol. The van der Waals surface area contributed by atoms with Crippen LogP contribution >= 0.6 is 0 Å². The van der Waals surface area contributed by atoms with E-state index in [0.29, 0.717) is 0 Å². The van der Waals surface area contributed by atoms with E-state index in [9.17, 15) is 10.2 Å². The zero-order valence-electron chi connectivity index (χ0n) is 6.10. The van der Waals surface area contributed by atoms with E-state index in [-0.39, 0.29) is 13.2 Å². The topological polar surface area (TPSA) is 69.9 Å². The minimum Gasteiger partial charge on any atom is -0.394 e. The van der Waals surface area contributed by atoms with Gasteiger partial charge in [-0.25, -0.2) is 0 Å². The minimum atomic E-state index is -1.49. The molecule has 0 aromatic carbocycles. The van der Waals surface area contributed by atoms with Crippen LogP contribution in [0.2, 0.25) is 0 Å². The summed E-state index contributed by atoms with van der Waals surface area (Å²) in [6.45, 7) is 3.08. The number of hydrogen-bond acceptors (Lipinski definition) is 4. The third kappa shape index (κ3) is 1.18. The van der Waals surface area contributed by atoms with Gasteiger partial charge in [0.15, 0.2) is 0 Å². The molecule has 0 saturated carbocycles. The van der Waals surface area contributed by atoms with Crippen molar-refractivity contribution in [3.63, 3.8) is 0 Å². The van der Waals surface area contributed by atoms with Crippen LogP contribution in [0, 0.1) is 0 Å². The maximum absolute atomic E-state index is 9.58. The number of aliphatic hydroxyl groups is 3. The molecule has 1 aliphatic heterocycles. The van der Waals surface area contributed by atoms with Gasteiger partial charge in [-0.3, -0.25) is 0 Å². The van der Waals surface area contributed by atoms with Gasteiger partial charge in [-0.2, -0.15) is 0 Å².